The predicted octanol–water partition coefficient (Wildman–Crippen LogP) is 3.40. The molecule has 1 fully saturated rings. The van der Waals surface area contributed by atoms with Gasteiger partial charge in [-0.05, 0) is 47.8 Å². The van der Waals surface area contributed by atoms with Crippen LogP contribution in [0.2, 0.25) is 0 Å². The van der Waals surface area contributed by atoms with Gasteiger partial charge in [0.15, 0.2) is 0 Å². The predicted molar refractivity (Wildman–Crippen MR) is 93.8 cm³/mol. The van der Waals surface area contributed by atoms with E-state index >= 15 is 0 Å². The number of rotatable bonds is 4. The molecule has 2 heterocycles. The Labute approximate surface area is 143 Å². The van der Waals surface area contributed by atoms with Crippen molar-refractivity contribution in [2.75, 3.05) is 13.1 Å². The third kappa shape index (κ3) is 2.79. The lowest BCUT2D eigenvalue weighted by atomic mass is 10.0. The second-order valence-corrected chi connectivity index (χ2v) is 7.12. The Morgan fingerprint density at radius 3 is 2.67 bits per heavy atom. The van der Waals surface area contributed by atoms with Gasteiger partial charge in [-0.2, -0.15) is 0 Å². The summed E-state index contributed by atoms with van der Waals surface area (Å²) < 4.78 is 15.4. The van der Waals surface area contributed by atoms with Gasteiger partial charge in [-0.3, -0.25) is 4.79 Å². The van der Waals surface area contributed by atoms with E-state index in [4.69, 9.17) is 5.73 Å². The first kappa shape index (κ1) is 15.2. The minimum absolute atomic E-state index is 0.0246. The van der Waals surface area contributed by atoms with Crippen molar-refractivity contribution in [1.29, 1.82) is 0 Å². The molecule has 0 saturated carbocycles. The Morgan fingerprint density at radius 2 is 1.96 bits per heavy atom. The van der Waals surface area contributed by atoms with Gasteiger partial charge < -0.3 is 10.7 Å². The van der Waals surface area contributed by atoms with Crippen LogP contribution in [0.3, 0.4) is 0 Å². The van der Waals surface area contributed by atoms with Gasteiger partial charge in [0.1, 0.15) is 5.82 Å². The van der Waals surface area contributed by atoms with Crippen LogP contribution in [0.1, 0.15) is 0 Å². The first-order valence-electron chi connectivity index (χ1n) is 7.69. The lowest BCUT2D eigenvalue weighted by molar-refractivity contribution is -0.124. The molecule has 0 radical (unpaired) electrons. The van der Waals surface area contributed by atoms with Crippen LogP contribution in [0, 0.1) is 11.7 Å². The Balaban J connectivity index is 1.50. The highest BCUT2D eigenvalue weighted by Crippen LogP contribution is 2.33. The van der Waals surface area contributed by atoms with Crippen molar-refractivity contribution in [2.45, 2.75) is 4.90 Å². The number of hydrogen-bond acceptors (Lipinski definition) is 3. The Kier molecular flexibility index (Phi) is 3.78. The van der Waals surface area contributed by atoms with Crippen molar-refractivity contribution in [2.24, 2.45) is 11.7 Å². The number of carbonyl (C=O) groups is 1. The van der Waals surface area contributed by atoms with Gasteiger partial charge in [-0.15, -0.1) is 0 Å². The number of halogens is 1. The molecule has 0 atom stereocenters. The van der Waals surface area contributed by atoms with E-state index in [1.54, 1.807) is 18.0 Å². The smallest absolute Gasteiger partial charge is 0.223 e. The third-order valence-corrected chi connectivity index (χ3v) is 5.33. The molecular formula is C18H16FN3OS. The molecule has 1 amide bonds. The standard InChI is InChI=1S/C18H16FN3OS/c19-13-3-6-15-16(8-21-17(15)7-13)11-1-4-14(5-2-11)24-22-9-12(10-22)18(20)23/h1-8,12,21H,9-10H2,(H2,20,23). The number of nitrogens with one attached hydrogen (secondary N) is 1. The van der Waals surface area contributed by atoms with E-state index in [1.807, 2.05) is 6.20 Å². The first-order chi connectivity index (χ1) is 11.6. The number of H-pyrrole nitrogens is 1. The van der Waals surface area contributed by atoms with Crippen molar-refractivity contribution in [1.82, 2.24) is 9.29 Å². The molecule has 1 aliphatic heterocycles. The second kappa shape index (κ2) is 5.96. The van der Waals surface area contributed by atoms with Crippen LogP contribution < -0.4 is 5.73 Å². The van der Waals surface area contributed by atoms with Crippen molar-refractivity contribution in [3.8, 4) is 11.1 Å². The summed E-state index contributed by atoms with van der Waals surface area (Å²) >= 11 is 1.63. The second-order valence-electron chi connectivity index (χ2n) is 5.95. The maximum absolute atomic E-state index is 13.3. The van der Waals surface area contributed by atoms with Crippen molar-refractivity contribution >= 4 is 28.8 Å². The number of aromatic amines is 1. The molecule has 0 bridgehead atoms. The van der Waals surface area contributed by atoms with Gasteiger partial charge in [0.2, 0.25) is 5.91 Å². The lowest BCUT2D eigenvalue weighted by Gasteiger charge is -2.35. The summed E-state index contributed by atoms with van der Waals surface area (Å²) in [6, 6.07) is 13.0. The van der Waals surface area contributed by atoms with Crippen LogP contribution in [0.15, 0.2) is 53.6 Å². The minimum Gasteiger partial charge on any atom is -0.369 e. The molecule has 2 aromatic carbocycles. The summed E-state index contributed by atoms with van der Waals surface area (Å²) in [4.78, 5) is 15.3. The molecular weight excluding hydrogens is 325 g/mol. The zero-order chi connectivity index (χ0) is 16.7. The van der Waals surface area contributed by atoms with Crippen molar-refractivity contribution < 1.29 is 9.18 Å². The number of nitrogens with two attached hydrogens (primary N) is 1. The molecule has 3 N–H and O–H groups in total. The van der Waals surface area contributed by atoms with E-state index in [-0.39, 0.29) is 17.6 Å². The zero-order valence-corrected chi connectivity index (χ0v) is 13.6. The third-order valence-electron chi connectivity index (χ3n) is 4.29. The fourth-order valence-corrected chi connectivity index (χ4v) is 3.94. The molecule has 0 aliphatic carbocycles. The molecule has 4 rings (SSSR count). The van der Waals surface area contributed by atoms with Gasteiger partial charge >= 0.3 is 0 Å². The van der Waals surface area contributed by atoms with Crippen molar-refractivity contribution in [3.63, 3.8) is 0 Å². The quantitative estimate of drug-likeness (QED) is 0.715. The number of primary amides is 1. The van der Waals surface area contributed by atoms with E-state index in [0.29, 0.717) is 13.1 Å². The summed E-state index contributed by atoms with van der Waals surface area (Å²) in [5.74, 6) is -0.493. The summed E-state index contributed by atoms with van der Waals surface area (Å²) in [6.45, 7) is 1.41. The highest BCUT2D eigenvalue weighted by molar-refractivity contribution is 7.97. The Hall–Kier alpha value is -2.31. The van der Waals surface area contributed by atoms with E-state index in [0.717, 1.165) is 26.9 Å². The first-order valence-corrected chi connectivity index (χ1v) is 8.47. The minimum atomic E-state index is -0.244. The largest absolute Gasteiger partial charge is 0.369 e. The van der Waals surface area contributed by atoms with Crippen LogP contribution in [0.25, 0.3) is 22.0 Å². The normalized spacial score (nSPS) is 15.5. The molecule has 1 aliphatic rings. The van der Waals surface area contributed by atoms with Gasteiger partial charge in [0.25, 0.3) is 0 Å². The molecule has 0 unspecified atom stereocenters. The molecule has 24 heavy (non-hydrogen) atoms. The highest BCUT2D eigenvalue weighted by atomic mass is 32.2. The molecule has 4 nitrogen and oxygen atoms in total. The number of benzene rings is 2. The van der Waals surface area contributed by atoms with Crippen LogP contribution in [-0.4, -0.2) is 28.3 Å². The van der Waals surface area contributed by atoms with Crippen LogP contribution >= 0.6 is 11.9 Å². The molecule has 1 saturated heterocycles. The fraction of sp³-hybridized carbons (Fsp3) is 0.167. The van der Waals surface area contributed by atoms with Gasteiger partial charge in [0.05, 0.1) is 5.92 Å². The van der Waals surface area contributed by atoms with E-state index < -0.39 is 0 Å². The summed E-state index contributed by atoms with van der Waals surface area (Å²) in [5, 5.41) is 1.00. The molecule has 0 spiro atoms. The maximum atomic E-state index is 13.3. The summed E-state index contributed by atoms with van der Waals surface area (Å²) in [6.07, 6.45) is 1.90. The van der Waals surface area contributed by atoms with Gasteiger partial charge in [-0.1, -0.05) is 12.1 Å². The van der Waals surface area contributed by atoms with Gasteiger partial charge in [0, 0.05) is 40.6 Å². The van der Waals surface area contributed by atoms with Crippen LogP contribution in [0.4, 0.5) is 4.39 Å². The number of nitrogens with zero attached hydrogens (tertiary/aromatic N) is 1. The molecule has 3 aromatic rings. The Morgan fingerprint density at radius 1 is 1.21 bits per heavy atom. The summed E-state index contributed by atoms with van der Waals surface area (Å²) in [5.41, 5.74) is 8.21. The highest BCUT2D eigenvalue weighted by Gasteiger charge is 2.31. The van der Waals surface area contributed by atoms with Crippen molar-refractivity contribution in [3.05, 3.63) is 54.5 Å². The van der Waals surface area contributed by atoms with Crippen LogP contribution in [0.5, 0.6) is 0 Å². The van der Waals surface area contributed by atoms with Gasteiger partial charge in [-0.25, -0.2) is 8.70 Å². The maximum Gasteiger partial charge on any atom is 0.223 e. The van der Waals surface area contributed by atoms with E-state index in [1.165, 1.54) is 12.1 Å². The monoisotopic (exact) mass is 341 g/mol. The topological polar surface area (TPSA) is 62.1 Å². The fourth-order valence-electron chi connectivity index (χ4n) is 2.87. The average molecular weight is 341 g/mol. The molecule has 6 heteroatoms. The zero-order valence-electron chi connectivity index (χ0n) is 12.8. The lowest BCUT2D eigenvalue weighted by Crippen LogP contribution is -2.48. The number of carbonyl (C=O) groups excluding carboxylic acids is 1. The molecule has 1 aromatic heterocycles. The number of fused-ring (bicyclic) bond motifs is 1. The molecule has 122 valence electrons. The van der Waals surface area contributed by atoms with Crippen LogP contribution in [-0.2, 0) is 4.79 Å². The van der Waals surface area contributed by atoms with E-state index in [2.05, 4.69) is 33.6 Å². The number of hydrogen-bond donors (Lipinski definition) is 2. The number of aromatic nitrogens is 1. The summed E-state index contributed by atoms with van der Waals surface area (Å²) in [7, 11) is 0. The number of amides is 1. The van der Waals surface area contributed by atoms with E-state index in [9.17, 15) is 9.18 Å². The average Bonchev–Trinajstić information content (AvgIpc) is 2.93. The Bertz CT molecular complexity index is 900. The SMILES string of the molecule is NC(=O)C1CN(Sc2ccc(-c3c[nH]c4cc(F)ccc34)cc2)C1.